The van der Waals surface area contributed by atoms with E-state index in [1.807, 2.05) is 0 Å². The summed E-state index contributed by atoms with van der Waals surface area (Å²) in [4.78, 5) is 0. The Hall–Kier alpha value is 0.310. The van der Waals surface area contributed by atoms with Crippen molar-refractivity contribution in [1.82, 2.24) is 0 Å². The van der Waals surface area contributed by atoms with Crippen LogP contribution >= 0.6 is 12.6 Å². The molecule has 0 aromatic carbocycles. The van der Waals surface area contributed by atoms with E-state index in [4.69, 9.17) is 4.74 Å². The van der Waals surface area contributed by atoms with Crippen LogP contribution in [0.4, 0.5) is 0 Å². The zero-order valence-electron chi connectivity index (χ0n) is 11.2. The van der Waals surface area contributed by atoms with Crippen LogP contribution in [0.25, 0.3) is 0 Å². The molecule has 0 bridgehead atoms. The van der Waals surface area contributed by atoms with Crippen molar-refractivity contribution in [3.8, 4) is 0 Å². The van der Waals surface area contributed by atoms with Crippen LogP contribution in [-0.4, -0.2) is 18.5 Å². The maximum Gasteiger partial charge on any atom is 0.0575 e. The summed E-state index contributed by atoms with van der Waals surface area (Å²) in [6, 6.07) is 0. The summed E-state index contributed by atoms with van der Waals surface area (Å²) in [5.41, 5.74) is 0.312. The lowest BCUT2D eigenvalue weighted by atomic mass is 9.82. The number of hydrogen-bond acceptors (Lipinski definition) is 2. The highest BCUT2D eigenvalue weighted by molar-refractivity contribution is 7.80. The number of ether oxygens (including phenoxy) is 1. The third kappa shape index (κ3) is 5.09. The Bertz CT molecular complexity index is 178. The van der Waals surface area contributed by atoms with Gasteiger partial charge in [-0.05, 0) is 29.9 Å². The Kier molecular flexibility index (Phi) is 6.20. The van der Waals surface area contributed by atoms with E-state index in [0.29, 0.717) is 17.4 Å². The van der Waals surface area contributed by atoms with Gasteiger partial charge in [0.2, 0.25) is 0 Å². The van der Waals surface area contributed by atoms with Crippen LogP contribution in [0.2, 0.25) is 0 Å². The van der Waals surface area contributed by atoms with Gasteiger partial charge in [0.05, 0.1) is 12.7 Å². The van der Waals surface area contributed by atoms with E-state index in [1.54, 1.807) is 0 Å². The lowest BCUT2D eigenvalue weighted by Gasteiger charge is -2.30. The highest BCUT2D eigenvalue weighted by Gasteiger charge is 2.24. The summed E-state index contributed by atoms with van der Waals surface area (Å²) in [5.74, 6) is 1.50. The molecule has 1 fully saturated rings. The maximum absolute atomic E-state index is 6.09. The fraction of sp³-hybridized carbons (Fsp3) is 1.00. The molecule has 1 atom stereocenters. The van der Waals surface area contributed by atoms with Crippen LogP contribution in [0.5, 0.6) is 0 Å². The molecule has 96 valence electrons. The third-order valence-corrected chi connectivity index (χ3v) is 4.22. The summed E-state index contributed by atoms with van der Waals surface area (Å²) < 4.78 is 6.09. The van der Waals surface area contributed by atoms with Gasteiger partial charge in [0.25, 0.3) is 0 Å². The van der Waals surface area contributed by atoms with Gasteiger partial charge < -0.3 is 4.74 Å². The average molecular weight is 244 g/mol. The van der Waals surface area contributed by atoms with Crippen LogP contribution < -0.4 is 0 Å². The van der Waals surface area contributed by atoms with Gasteiger partial charge in [-0.1, -0.05) is 46.5 Å². The van der Waals surface area contributed by atoms with E-state index in [0.717, 1.165) is 12.4 Å². The highest BCUT2D eigenvalue weighted by Crippen LogP contribution is 2.28. The van der Waals surface area contributed by atoms with Crippen LogP contribution in [-0.2, 0) is 4.74 Å². The second-order valence-corrected chi connectivity index (χ2v) is 6.56. The van der Waals surface area contributed by atoms with Crippen molar-refractivity contribution in [3.63, 3.8) is 0 Å². The molecule has 0 aromatic rings. The normalized spacial score (nSPS) is 21.8. The lowest BCUT2D eigenvalue weighted by Crippen LogP contribution is -2.29. The van der Waals surface area contributed by atoms with Crippen LogP contribution in [0.3, 0.4) is 0 Å². The van der Waals surface area contributed by atoms with E-state index in [9.17, 15) is 0 Å². The molecule has 1 unspecified atom stereocenters. The van der Waals surface area contributed by atoms with Crippen molar-refractivity contribution in [3.05, 3.63) is 0 Å². The standard InChI is InChI=1S/C14H28OS/c1-14(2,3)12(11-16)10-15-13-8-6-4-5-7-9-13/h12-13,16H,4-11H2,1-3H3. The summed E-state index contributed by atoms with van der Waals surface area (Å²) in [6.45, 7) is 7.73. The summed E-state index contributed by atoms with van der Waals surface area (Å²) in [7, 11) is 0. The smallest absolute Gasteiger partial charge is 0.0575 e. The Morgan fingerprint density at radius 1 is 1.12 bits per heavy atom. The van der Waals surface area contributed by atoms with Gasteiger partial charge in [0.1, 0.15) is 0 Å². The van der Waals surface area contributed by atoms with Gasteiger partial charge in [-0.25, -0.2) is 0 Å². The lowest BCUT2D eigenvalue weighted by molar-refractivity contribution is 0.00210. The van der Waals surface area contributed by atoms with Gasteiger partial charge in [0, 0.05) is 0 Å². The van der Waals surface area contributed by atoms with Gasteiger partial charge >= 0.3 is 0 Å². The summed E-state index contributed by atoms with van der Waals surface area (Å²) >= 11 is 4.45. The molecule has 16 heavy (non-hydrogen) atoms. The van der Waals surface area contributed by atoms with E-state index >= 15 is 0 Å². The van der Waals surface area contributed by atoms with Crippen LogP contribution in [0, 0.1) is 11.3 Å². The van der Waals surface area contributed by atoms with E-state index in [2.05, 4.69) is 33.4 Å². The molecule has 0 radical (unpaired) electrons. The zero-order valence-corrected chi connectivity index (χ0v) is 12.1. The minimum atomic E-state index is 0.312. The number of hydrogen-bond donors (Lipinski definition) is 1. The van der Waals surface area contributed by atoms with Crippen LogP contribution in [0.15, 0.2) is 0 Å². The fourth-order valence-electron chi connectivity index (χ4n) is 2.24. The molecule has 1 saturated carbocycles. The van der Waals surface area contributed by atoms with Gasteiger partial charge in [-0.15, -0.1) is 0 Å². The first-order valence-corrected chi connectivity index (χ1v) is 7.39. The SMILES string of the molecule is CC(C)(C)C(CS)COC1CCCCCC1. The molecule has 0 saturated heterocycles. The molecule has 0 aromatic heterocycles. The van der Waals surface area contributed by atoms with Gasteiger partial charge in [-0.3, -0.25) is 0 Å². The van der Waals surface area contributed by atoms with Crippen molar-refractivity contribution >= 4 is 12.6 Å². The molecule has 1 nitrogen and oxygen atoms in total. The average Bonchev–Trinajstić information content (AvgIpc) is 2.45. The molecular weight excluding hydrogens is 216 g/mol. The number of thiol groups is 1. The Morgan fingerprint density at radius 3 is 2.12 bits per heavy atom. The minimum absolute atomic E-state index is 0.312. The zero-order chi connectivity index (χ0) is 12.0. The van der Waals surface area contributed by atoms with E-state index in [1.165, 1.54) is 38.5 Å². The van der Waals surface area contributed by atoms with Crippen LogP contribution in [0.1, 0.15) is 59.3 Å². The molecule has 1 aliphatic rings. The predicted molar refractivity (Wildman–Crippen MR) is 74.2 cm³/mol. The fourth-order valence-corrected chi connectivity index (χ4v) is 2.89. The van der Waals surface area contributed by atoms with Gasteiger partial charge in [-0.2, -0.15) is 12.6 Å². The molecule has 0 amide bonds. The molecule has 2 heteroatoms. The molecule has 1 rings (SSSR count). The first kappa shape index (κ1) is 14.4. The third-order valence-electron chi connectivity index (χ3n) is 3.78. The van der Waals surface area contributed by atoms with E-state index in [-0.39, 0.29) is 0 Å². The second kappa shape index (κ2) is 6.90. The Labute approximate surface area is 107 Å². The molecule has 0 N–H and O–H groups in total. The minimum Gasteiger partial charge on any atom is -0.378 e. The largest absolute Gasteiger partial charge is 0.378 e. The Balaban J connectivity index is 2.30. The first-order chi connectivity index (χ1) is 7.54. The van der Waals surface area contributed by atoms with Crippen molar-refractivity contribution < 1.29 is 4.74 Å². The van der Waals surface area contributed by atoms with Crippen molar-refractivity contribution in [2.24, 2.45) is 11.3 Å². The van der Waals surface area contributed by atoms with Crippen molar-refractivity contribution in [2.45, 2.75) is 65.4 Å². The molecule has 1 aliphatic carbocycles. The maximum atomic E-state index is 6.09. The summed E-state index contributed by atoms with van der Waals surface area (Å²) in [5, 5.41) is 0. The predicted octanol–water partition coefficient (Wildman–Crippen LogP) is 4.32. The Morgan fingerprint density at radius 2 is 1.69 bits per heavy atom. The molecule has 0 spiro atoms. The molecular formula is C14H28OS. The molecule has 0 heterocycles. The molecule has 0 aliphatic heterocycles. The quantitative estimate of drug-likeness (QED) is 0.572. The first-order valence-electron chi connectivity index (χ1n) is 6.76. The van der Waals surface area contributed by atoms with Gasteiger partial charge in [0.15, 0.2) is 0 Å². The second-order valence-electron chi connectivity index (χ2n) is 6.19. The van der Waals surface area contributed by atoms with Crippen molar-refractivity contribution in [2.75, 3.05) is 12.4 Å². The van der Waals surface area contributed by atoms with E-state index < -0.39 is 0 Å². The summed E-state index contributed by atoms with van der Waals surface area (Å²) in [6.07, 6.45) is 8.56. The highest BCUT2D eigenvalue weighted by atomic mass is 32.1. The van der Waals surface area contributed by atoms with Crippen molar-refractivity contribution in [1.29, 1.82) is 0 Å². The monoisotopic (exact) mass is 244 g/mol. The topological polar surface area (TPSA) is 9.23 Å². The number of rotatable bonds is 4.